The fourth-order valence-corrected chi connectivity index (χ4v) is 2.51. The van der Waals surface area contributed by atoms with Crippen molar-refractivity contribution in [2.75, 3.05) is 5.32 Å². The summed E-state index contributed by atoms with van der Waals surface area (Å²) >= 11 is 0. The SMILES string of the molecule is O=C(C=Cc1ccccc1NCc1ccnc2ccccc12)NO. The highest BCUT2D eigenvalue weighted by molar-refractivity contribution is 5.91. The molecule has 2 aromatic carbocycles. The van der Waals surface area contributed by atoms with Gasteiger partial charge in [0.25, 0.3) is 5.91 Å². The number of aromatic nitrogens is 1. The highest BCUT2D eigenvalue weighted by Gasteiger charge is 2.03. The van der Waals surface area contributed by atoms with Crippen LogP contribution in [0.3, 0.4) is 0 Å². The number of benzene rings is 2. The average Bonchev–Trinajstić information content (AvgIpc) is 2.65. The molecule has 0 spiro atoms. The van der Waals surface area contributed by atoms with Crippen LogP contribution >= 0.6 is 0 Å². The second-order valence-corrected chi connectivity index (χ2v) is 5.24. The Morgan fingerprint density at radius 1 is 1.08 bits per heavy atom. The Morgan fingerprint density at radius 2 is 1.88 bits per heavy atom. The molecule has 0 radical (unpaired) electrons. The maximum atomic E-state index is 11.1. The first-order valence-corrected chi connectivity index (χ1v) is 7.55. The van der Waals surface area contributed by atoms with Gasteiger partial charge in [0.1, 0.15) is 0 Å². The smallest absolute Gasteiger partial charge is 0.267 e. The number of carbonyl (C=O) groups excluding carboxylic acids is 1. The zero-order valence-corrected chi connectivity index (χ0v) is 12.9. The van der Waals surface area contributed by atoms with Crippen molar-refractivity contribution in [3.63, 3.8) is 0 Å². The van der Waals surface area contributed by atoms with E-state index in [0.717, 1.165) is 27.7 Å². The van der Waals surface area contributed by atoms with Crippen molar-refractivity contribution < 1.29 is 10.0 Å². The van der Waals surface area contributed by atoms with E-state index in [1.165, 1.54) is 6.08 Å². The van der Waals surface area contributed by atoms with Crippen LogP contribution in [-0.4, -0.2) is 16.1 Å². The number of nitrogens with one attached hydrogen (secondary N) is 2. The maximum Gasteiger partial charge on any atom is 0.267 e. The van der Waals surface area contributed by atoms with E-state index >= 15 is 0 Å². The Kier molecular flexibility index (Phi) is 4.84. The summed E-state index contributed by atoms with van der Waals surface area (Å²) in [7, 11) is 0. The summed E-state index contributed by atoms with van der Waals surface area (Å²) in [5.41, 5.74) is 5.45. The number of nitrogens with zero attached hydrogens (tertiary/aromatic N) is 1. The summed E-state index contributed by atoms with van der Waals surface area (Å²) in [6.07, 6.45) is 4.73. The third-order valence-corrected chi connectivity index (χ3v) is 3.69. The van der Waals surface area contributed by atoms with Crippen LogP contribution in [0.15, 0.2) is 66.9 Å². The van der Waals surface area contributed by atoms with Crippen LogP contribution in [0, 0.1) is 0 Å². The minimum atomic E-state index is -0.565. The molecule has 0 saturated heterocycles. The Hall–Kier alpha value is -3.18. The molecule has 0 aliphatic heterocycles. The molecule has 1 aromatic heterocycles. The molecule has 0 bridgehead atoms. The van der Waals surface area contributed by atoms with Gasteiger partial charge in [-0.2, -0.15) is 0 Å². The third-order valence-electron chi connectivity index (χ3n) is 3.69. The Morgan fingerprint density at radius 3 is 2.75 bits per heavy atom. The molecule has 0 atom stereocenters. The molecule has 24 heavy (non-hydrogen) atoms. The Labute approximate surface area is 139 Å². The third kappa shape index (κ3) is 3.59. The van der Waals surface area contributed by atoms with E-state index in [-0.39, 0.29) is 0 Å². The monoisotopic (exact) mass is 319 g/mol. The zero-order chi connectivity index (χ0) is 16.8. The molecule has 3 N–H and O–H groups in total. The lowest BCUT2D eigenvalue weighted by atomic mass is 10.1. The van der Waals surface area contributed by atoms with E-state index in [4.69, 9.17) is 5.21 Å². The highest BCUT2D eigenvalue weighted by atomic mass is 16.5. The number of pyridine rings is 1. The molecule has 3 rings (SSSR count). The van der Waals surface area contributed by atoms with Crippen LogP contribution in [0.25, 0.3) is 17.0 Å². The number of para-hydroxylation sites is 2. The minimum absolute atomic E-state index is 0.565. The quantitative estimate of drug-likeness (QED) is 0.383. The van der Waals surface area contributed by atoms with E-state index in [2.05, 4.69) is 16.4 Å². The van der Waals surface area contributed by atoms with E-state index in [1.807, 2.05) is 48.5 Å². The molecular weight excluding hydrogens is 302 g/mol. The number of anilines is 1. The summed E-state index contributed by atoms with van der Waals surface area (Å²) < 4.78 is 0. The van der Waals surface area contributed by atoms with E-state index in [9.17, 15) is 4.79 Å². The van der Waals surface area contributed by atoms with Gasteiger partial charge in [-0.3, -0.25) is 15.0 Å². The van der Waals surface area contributed by atoms with Gasteiger partial charge >= 0.3 is 0 Å². The average molecular weight is 319 g/mol. The van der Waals surface area contributed by atoms with Gasteiger partial charge in [-0.1, -0.05) is 36.4 Å². The van der Waals surface area contributed by atoms with Crippen LogP contribution in [0.1, 0.15) is 11.1 Å². The second-order valence-electron chi connectivity index (χ2n) is 5.24. The van der Waals surface area contributed by atoms with Crippen molar-refractivity contribution in [2.45, 2.75) is 6.54 Å². The number of amides is 1. The van der Waals surface area contributed by atoms with Crippen LogP contribution < -0.4 is 10.8 Å². The van der Waals surface area contributed by atoms with Gasteiger partial charge in [-0.05, 0) is 35.4 Å². The molecular formula is C19H17N3O2. The number of carbonyl (C=O) groups is 1. The summed E-state index contributed by atoms with van der Waals surface area (Å²) in [5, 5.41) is 13.1. The number of hydrogen-bond donors (Lipinski definition) is 3. The van der Waals surface area contributed by atoms with E-state index in [1.54, 1.807) is 17.8 Å². The normalized spacial score (nSPS) is 10.9. The van der Waals surface area contributed by atoms with Crippen LogP contribution in [0.4, 0.5) is 5.69 Å². The standard InChI is InChI=1S/C19H17N3O2/c23-19(22-24)10-9-14-5-1-3-7-17(14)21-13-15-11-12-20-18-8-4-2-6-16(15)18/h1-12,21,24H,13H2,(H,22,23). The minimum Gasteiger partial charge on any atom is -0.380 e. The van der Waals surface area contributed by atoms with Crippen molar-refractivity contribution in [3.8, 4) is 0 Å². The predicted molar refractivity (Wildman–Crippen MR) is 94.5 cm³/mol. The number of rotatable bonds is 5. The fourth-order valence-electron chi connectivity index (χ4n) is 2.51. The van der Waals surface area contributed by atoms with Gasteiger partial charge in [0.2, 0.25) is 0 Å². The molecule has 0 aliphatic carbocycles. The molecule has 120 valence electrons. The number of fused-ring (bicyclic) bond motifs is 1. The Bertz CT molecular complexity index is 885. The van der Waals surface area contributed by atoms with Gasteiger partial charge in [0.05, 0.1) is 5.52 Å². The highest BCUT2D eigenvalue weighted by Crippen LogP contribution is 2.20. The van der Waals surface area contributed by atoms with Gasteiger partial charge in [0.15, 0.2) is 0 Å². The maximum absolute atomic E-state index is 11.1. The molecule has 5 heteroatoms. The molecule has 0 unspecified atom stereocenters. The molecule has 3 aromatic rings. The molecule has 0 aliphatic rings. The van der Waals surface area contributed by atoms with Gasteiger partial charge in [-0.25, -0.2) is 5.48 Å². The first-order valence-electron chi connectivity index (χ1n) is 7.55. The lowest BCUT2D eigenvalue weighted by Gasteiger charge is -2.11. The number of hydrogen-bond acceptors (Lipinski definition) is 4. The van der Waals surface area contributed by atoms with Gasteiger partial charge in [-0.15, -0.1) is 0 Å². The summed E-state index contributed by atoms with van der Waals surface area (Å²) in [5.74, 6) is -0.565. The van der Waals surface area contributed by atoms with Gasteiger partial charge in [0, 0.05) is 29.9 Å². The van der Waals surface area contributed by atoms with Crippen LogP contribution in [-0.2, 0) is 11.3 Å². The van der Waals surface area contributed by atoms with Crippen LogP contribution in [0.2, 0.25) is 0 Å². The second kappa shape index (κ2) is 7.39. The van der Waals surface area contributed by atoms with Crippen molar-refractivity contribution in [2.24, 2.45) is 0 Å². The molecule has 1 amide bonds. The Balaban J connectivity index is 1.82. The molecule has 0 fully saturated rings. The van der Waals surface area contributed by atoms with E-state index < -0.39 is 5.91 Å². The first kappa shape index (κ1) is 15.7. The first-order chi connectivity index (χ1) is 11.8. The summed E-state index contributed by atoms with van der Waals surface area (Å²) in [4.78, 5) is 15.5. The predicted octanol–water partition coefficient (Wildman–Crippen LogP) is 3.37. The van der Waals surface area contributed by atoms with Crippen LogP contribution in [0.5, 0.6) is 0 Å². The largest absolute Gasteiger partial charge is 0.380 e. The zero-order valence-electron chi connectivity index (χ0n) is 12.9. The van der Waals surface area contributed by atoms with Crippen molar-refractivity contribution in [3.05, 3.63) is 78.0 Å². The number of hydroxylamine groups is 1. The van der Waals surface area contributed by atoms with E-state index in [0.29, 0.717) is 6.54 Å². The lowest BCUT2D eigenvalue weighted by Crippen LogP contribution is -2.14. The summed E-state index contributed by atoms with van der Waals surface area (Å²) in [6, 6.07) is 17.7. The molecule has 0 saturated carbocycles. The lowest BCUT2D eigenvalue weighted by molar-refractivity contribution is -0.124. The molecule has 5 nitrogen and oxygen atoms in total. The topological polar surface area (TPSA) is 74.2 Å². The fraction of sp³-hybridized carbons (Fsp3) is 0.0526. The van der Waals surface area contributed by atoms with Crippen molar-refractivity contribution in [1.29, 1.82) is 0 Å². The van der Waals surface area contributed by atoms with Gasteiger partial charge < -0.3 is 5.32 Å². The van der Waals surface area contributed by atoms with Crippen molar-refractivity contribution in [1.82, 2.24) is 10.5 Å². The summed E-state index contributed by atoms with van der Waals surface area (Å²) in [6.45, 7) is 0.639. The molecule has 1 heterocycles. The van der Waals surface area contributed by atoms with Crippen molar-refractivity contribution >= 4 is 28.6 Å².